The van der Waals surface area contributed by atoms with E-state index in [1.54, 1.807) is 25.3 Å². The van der Waals surface area contributed by atoms with Gasteiger partial charge < -0.3 is 14.5 Å². The minimum Gasteiger partial charge on any atom is -0.383 e. The molecule has 0 aromatic carbocycles. The van der Waals surface area contributed by atoms with Gasteiger partial charge in [0.25, 0.3) is 5.56 Å². The minimum absolute atomic E-state index is 0.0627. The molecule has 0 unspecified atom stereocenters. The molecule has 7 nitrogen and oxygen atoms in total. The van der Waals surface area contributed by atoms with E-state index in [4.69, 9.17) is 4.74 Å². The lowest BCUT2D eigenvalue weighted by Gasteiger charge is -2.17. The maximum Gasteiger partial charge on any atom is 0.269 e. The molecule has 0 fully saturated rings. The molecule has 1 aromatic rings. The molecule has 1 aromatic heterocycles. The van der Waals surface area contributed by atoms with Gasteiger partial charge in [-0.15, -0.1) is 0 Å². The van der Waals surface area contributed by atoms with Crippen LogP contribution in [0.4, 0.5) is 5.69 Å². The van der Waals surface area contributed by atoms with Gasteiger partial charge in [0.05, 0.1) is 18.5 Å². The van der Waals surface area contributed by atoms with Gasteiger partial charge >= 0.3 is 0 Å². The Morgan fingerprint density at radius 1 is 1.42 bits per heavy atom. The van der Waals surface area contributed by atoms with Gasteiger partial charge in [-0.25, -0.2) is 4.68 Å². The van der Waals surface area contributed by atoms with Crippen molar-refractivity contribution in [3.63, 3.8) is 0 Å². The zero-order valence-corrected chi connectivity index (χ0v) is 11.8. The van der Waals surface area contributed by atoms with Crippen LogP contribution in [0.2, 0.25) is 0 Å². The van der Waals surface area contributed by atoms with Crippen molar-refractivity contribution in [2.75, 3.05) is 46.3 Å². The van der Waals surface area contributed by atoms with E-state index in [2.05, 4.69) is 5.10 Å². The van der Waals surface area contributed by atoms with Crippen LogP contribution in [0, 0.1) is 0 Å². The number of amides is 1. The molecule has 0 saturated heterocycles. The van der Waals surface area contributed by atoms with Gasteiger partial charge in [0.2, 0.25) is 5.91 Å². The fraction of sp³-hybridized carbons (Fsp3) is 0.583. The van der Waals surface area contributed by atoms with Crippen LogP contribution in [-0.2, 0) is 16.1 Å². The number of hydrogen-bond donors (Lipinski definition) is 0. The monoisotopic (exact) mass is 268 g/mol. The van der Waals surface area contributed by atoms with E-state index in [0.717, 1.165) is 4.68 Å². The molecule has 0 radical (unpaired) electrons. The summed E-state index contributed by atoms with van der Waals surface area (Å²) in [5, 5.41) is 3.99. The van der Waals surface area contributed by atoms with Crippen LogP contribution in [-0.4, -0.2) is 62.0 Å². The van der Waals surface area contributed by atoms with Crippen molar-refractivity contribution in [3.05, 3.63) is 22.6 Å². The fourth-order valence-corrected chi connectivity index (χ4v) is 1.39. The van der Waals surface area contributed by atoms with Gasteiger partial charge in [-0.2, -0.15) is 5.10 Å². The van der Waals surface area contributed by atoms with Crippen molar-refractivity contribution in [2.24, 2.45) is 0 Å². The highest BCUT2D eigenvalue weighted by Gasteiger charge is 2.11. The van der Waals surface area contributed by atoms with Crippen LogP contribution in [0.3, 0.4) is 0 Å². The molecular weight excluding hydrogens is 248 g/mol. The Labute approximate surface area is 112 Å². The normalized spacial score (nSPS) is 10.3. The van der Waals surface area contributed by atoms with Crippen molar-refractivity contribution in [2.45, 2.75) is 6.54 Å². The Morgan fingerprint density at radius 2 is 2.11 bits per heavy atom. The lowest BCUT2D eigenvalue weighted by Crippen LogP contribution is -2.36. The lowest BCUT2D eigenvalue weighted by molar-refractivity contribution is -0.131. The van der Waals surface area contributed by atoms with Gasteiger partial charge in [0.1, 0.15) is 6.54 Å². The number of anilines is 1. The van der Waals surface area contributed by atoms with E-state index in [0.29, 0.717) is 18.8 Å². The quantitative estimate of drug-likeness (QED) is 0.690. The number of carbonyl (C=O) groups is 1. The van der Waals surface area contributed by atoms with Gasteiger partial charge in [0.15, 0.2) is 0 Å². The summed E-state index contributed by atoms with van der Waals surface area (Å²) in [5.74, 6) is -0.177. The molecular formula is C12H20N4O3. The van der Waals surface area contributed by atoms with Crippen LogP contribution in [0.15, 0.2) is 17.1 Å². The second-order valence-corrected chi connectivity index (χ2v) is 4.41. The van der Waals surface area contributed by atoms with Gasteiger partial charge in [0, 0.05) is 40.9 Å². The number of nitrogens with zero attached hydrogens (tertiary/aromatic N) is 4. The van der Waals surface area contributed by atoms with Crippen LogP contribution in [0.25, 0.3) is 0 Å². The summed E-state index contributed by atoms with van der Waals surface area (Å²) in [6.45, 7) is 0.886. The van der Waals surface area contributed by atoms with Crippen LogP contribution >= 0.6 is 0 Å². The van der Waals surface area contributed by atoms with Crippen molar-refractivity contribution in [3.8, 4) is 0 Å². The topological polar surface area (TPSA) is 67.7 Å². The van der Waals surface area contributed by atoms with Crippen molar-refractivity contribution in [1.82, 2.24) is 14.7 Å². The molecule has 0 aliphatic heterocycles. The van der Waals surface area contributed by atoms with Crippen LogP contribution in [0.5, 0.6) is 0 Å². The van der Waals surface area contributed by atoms with Crippen molar-refractivity contribution in [1.29, 1.82) is 0 Å². The van der Waals surface area contributed by atoms with Gasteiger partial charge in [-0.3, -0.25) is 9.59 Å². The molecule has 0 aliphatic carbocycles. The minimum atomic E-state index is -0.292. The van der Waals surface area contributed by atoms with E-state index in [1.807, 2.05) is 14.1 Å². The molecule has 19 heavy (non-hydrogen) atoms. The van der Waals surface area contributed by atoms with Gasteiger partial charge in [-0.05, 0) is 0 Å². The zero-order valence-electron chi connectivity index (χ0n) is 11.8. The fourth-order valence-electron chi connectivity index (χ4n) is 1.39. The molecule has 0 bridgehead atoms. The Kier molecular flexibility index (Phi) is 5.50. The van der Waals surface area contributed by atoms with Crippen molar-refractivity contribution < 1.29 is 9.53 Å². The largest absolute Gasteiger partial charge is 0.383 e. The summed E-state index contributed by atoms with van der Waals surface area (Å²) in [7, 11) is 6.89. The van der Waals surface area contributed by atoms with Crippen molar-refractivity contribution >= 4 is 11.6 Å². The Hall–Kier alpha value is -1.89. The molecule has 1 heterocycles. The summed E-state index contributed by atoms with van der Waals surface area (Å²) in [6, 6.07) is 1.45. The van der Waals surface area contributed by atoms with E-state index in [1.165, 1.54) is 11.0 Å². The average Bonchev–Trinajstić information content (AvgIpc) is 2.37. The number of carbonyl (C=O) groups excluding carboxylic acids is 1. The second kappa shape index (κ2) is 6.89. The van der Waals surface area contributed by atoms with E-state index in [-0.39, 0.29) is 18.0 Å². The van der Waals surface area contributed by atoms with Crippen LogP contribution < -0.4 is 10.5 Å². The maximum atomic E-state index is 11.8. The summed E-state index contributed by atoms with van der Waals surface area (Å²) in [6.07, 6.45) is 1.56. The Bertz CT molecular complexity index is 484. The predicted molar refractivity (Wildman–Crippen MR) is 72.3 cm³/mol. The number of aromatic nitrogens is 2. The molecule has 0 N–H and O–H groups in total. The first kappa shape index (κ1) is 15.2. The highest BCUT2D eigenvalue weighted by atomic mass is 16.5. The Morgan fingerprint density at radius 3 is 2.63 bits per heavy atom. The third kappa shape index (κ3) is 4.36. The predicted octanol–water partition coefficient (Wildman–Crippen LogP) is -0.586. The SMILES string of the molecule is COCCN(C)C(=O)Cn1ncc(N(C)C)cc1=O. The number of methoxy groups -OCH3 is 1. The number of likely N-dealkylation sites (N-methyl/N-ethyl adjacent to an activating group) is 1. The first-order chi connectivity index (χ1) is 8.95. The third-order valence-electron chi connectivity index (χ3n) is 2.71. The highest BCUT2D eigenvalue weighted by molar-refractivity contribution is 5.75. The zero-order chi connectivity index (χ0) is 14.4. The molecule has 7 heteroatoms. The van der Waals surface area contributed by atoms with Gasteiger partial charge in [-0.1, -0.05) is 0 Å². The number of rotatable bonds is 6. The first-order valence-electron chi connectivity index (χ1n) is 5.93. The van der Waals surface area contributed by atoms with Crippen LogP contribution in [0.1, 0.15) is 0 Å². The summed E-state index contributed by atoms with van der Waals surface area (Å²) in [4.78, 5) is 26.9. The molecule has 0 saturated carbocycles. The molecule has 0 atom stereocenters. The van der Waals surface area contributed by atoms with E-state index < -0.39 is 0 Å². The first-order valence-corrected chi connectivity index (χ1v) is 5.93. The average molecular weight is 268 g/mol. The second-order valence-electron chi connectivity index (χ2n) is 4.41. The summed E-state index contributed by atoms with van der Waals surface area (Å²) < 4.78 is 6.05. The molecule has 0 aliphatic rings. The summed E-state index contributed by atoms with van der Waals surface area (Å²) in [5.41, 5.74) is 0.418. The van der Waals surface area contributed by atoms with E-state index >= 15 is 0 Å². The number of hydrogen-bond acceptors (Lipinski definition) is 5. The molecule has 0 spiro atoms. The Balaban J connectivity index is 2.72. The smallest absolute Gasteiger partial charge is 0.269 e. The highest BCUT2D eigenvalue weighted by Crippen LogP contribution is 2.03. The molecule has 1 rings (SSSR count). The maximum absolute atomic E-state index is 11.8. The number of ether oxygens (including phenoxy) is 1. The van der Waals surface area contributed by atoms with E-state index in [9.17, 15) is 9.59 Å². The summed E-state index contributed by atoms with van der Waals surface area (Å²) >= 11 is 0. The standard InChI is InChI=1S/C12H20N4O3/c1-14(2)10-7-11(17)16(13-8-10)9-12(18)15(3)5-6-19-4/h7-8H,5-6,9H2,1-4H3. The lowest BCUT2D eigenvalue weighted by atomic mass is 10.4. The molecule has 1 amide bonds. The molecule has 106 valence electrons. The third-order valence-corrected chi connectivity index (χ3v) is 2.71.